The summed E-state index contributed by atoms with van der Waals surface area (Å²) in [6, 6.07) is 51.0. The molecule has 24 nitrogen and oxygen atoms in total. The number of hydrogen-bond donors (Lipinski definition) is 0. The lowest BCUT2D eigenvalue weighted by molar-refractivity contribution is -0.134. The molecule has 10 fully saturated rings. The van der Waals surface area contributed by atoms with Crippen molar-refractivity contribution in [3.05, 3.63) is 185 Å². The number of hydrogen-bond acceptors (Lipinski definition) is 24. The number of amides is 1. The maximum atomic E-state index is 12.9. The Kier molecular flexibility index (Phi) is 45.7. The molecule has 0 N–H and O–H groups in total. The van der Waals surface area contributed by atoms with E-state index >= 15 is 0 Å². The number of carbonyl (C=O) groups excluding carboxylic acids is 6. The summed E-state index contributed by atoms with van der Waals surface area (Å²) in [6.45, 7) is 48.6. The maximum absolute atomic E-state index is 12.9. The fourth-order valence-electron chi connectivity index (χ4n) is 20.8. The van der Waals surface area contributed by atoms with E-state index < -0.39 is 6.04 Å². The van der Waals surface area contributed by atoms with Gasteiger partial charge in [0.15, 0.2) is 28.9 Å². The maximum Gasteiger partial charge on any atom is 0.223 e. The Bertz CT molecular complexity index is 4460. The van der Waals surface area contributed by atoms with Crippen LogP contribution in [-0.4, -0.2) is 346 Å². The molecule has 10 heterocycles. The van der Waals surface area contributed by atoms with Crippen molar-refractivity contribution in [2.45, 2.75) is 264 Å². The Morgan fingerprint density at radius 2 is 0.688 bits per heavy atom. The molecule has 0 aliphatic carbocycles. The molecule has 10 aliphatic rings. The first-order valence-electron chi connectivity index (χ1n) is 52.7. The Hall–Kier alpha value is -7.99. The summed E-state index contributed by atoms with van der Waals surface area (Å²) in [5, 5.41) is 0. The van der Waals surface area contributed by atoms with Gasteiger partial charge in [-0.2, -0.15) is 11.8 Å². The van der Waals surface area contributed by atoms with Crippen LogP contribution in [0.15, 0.2) is 152 Å². The van der Waals surface area contributed by atoms with Crippen LogP contribution in [0.5, 0.6) is 28.7 Å². The van der Waals surface area contributed by atoms with E-state index in [1.54, 1.807) is 4.90 Å². The Labute approximate surface area is 830 Å². The molecule has 0 saturated carbocycles. The molecule has 0 radical (unpaired) electrons. The van der Waals surface area contributed by atoms with Gasteiger partial charge in [-0.25, -0.2) is 0 Å². The van der Waals surface area contributed by atoms with Gasteiger partial charge < -0.3 is 67.3 Å². The van der Waals surface area contributed by atoms with Crippen LogP contribution in [0.1, 0.15) is 255 Å². The number of likely N-dealkylation sites (tertiary alicyclic amines) is 6. The van der Waals surface area contributed by atoms with Crippen molar-refractivity contribution >= 4 is 46.6 Å². The first kappa shape index (κ1) is 109. The molecule has 25 heteroatoms. The lowest BCUT2D eigenvalue weighted by Crippen LogP contribution is -2.51. The number of thioether (sulfide) groups is 1. The number of benzene rings is 6. The topological polar surface area (TPSA) is 209 Å². The standard InChI is InChI=1S/C26H34N2O3.C23H36N2O3.C22H32N2O3.C21H32N2O3.C21H32N2O2S/c1-21-7-5-14-28(21)15-6-17-30-24-12-10-22(11-13-24)25(29)19-27-16-18-31-26(20-27)23-8-3-2-4-9-23;1-17-7-5-12-24(17)13-6-14-27-22-10-8-21(9-11-22)23(26)20(4)25-15-18(2)28-19(3)16-25;1-17-7-5-13-23(17)14-6-16-27-20-11-9-19(10-12-20)22(26)18(2)24-15-4-3-8-21(24)25;1-17-5-3-10-22(17)11-4-14-26-20-8-6-19(7-9-20)21(24)18(2)23-12-15-25-16-13-23;1-17-5-3-10-22(17)11-4-14-25-20-8-6-19(7-9-20)21(24)18(2)23-12-15-26-16-13-23/h2-4,8-13,21,26H,5-7,14-20H2,1H3;8-11,17-20H,5-7,12-16H2,1-4H3;9-12,17-18H,3-8,13-16H2,1-2H3;2*6-9,17-18H,3-5,10-16H2,1-2H3/t21-,26-;17-,18-,19+,20?;2*17-,18?;/m1101./s1. The van der Waals surface area contributed by atoms with Crippen LogP contribution in [-0.2, 0) is 19.0 Å². The first-order chi connectivity index (χ1) is 67.0. The normalized spacial score (nSPS) is 23.7. The van der Waals surface area contributed by atoms with Gasteiger partial charge in [0.1, 0.15) is 28.7 Å². The monoisotopic (exact) mass is 1920 g/mol. The van der Waals surface area contributed by atoms with E-state index in [9.17, 15) is 28.8 Å². The second-order valence-corrected chi connectivity index (χ2v) is 41.1. The minimum atomic E-state index is -0.396. The van der Waals surface area contributed by atoms with Crippen molar-refractivity contribution in [2.75, 3.05) is 195 Å². The predicted octanol–water partition coefficient (Wildman–Crippen LogP) is 17.7. The van der Waals surface area contributed by atoms with Gasteiger partial charge in [-0.3, -0.25) is 48.4 Å². The Morgan fingerprint density at radius 1 is 0.355 bits per heavy atom. The van der Waals surface area contributed by atoms with Crippen molar-refractivity contribution in [3.8, 4) is 28.7 Å². The average Bonchev–Trinajstić information content (AvgIpc) is 1.27. The van der Waals surface area contributed by atoms with E-state index in [-0.39, 0.29) is 71.3 Å². The number of ketones is 5. The van der Waals surface area contributed by atoms with E-state index in [0.29, 0.717) is 82.3 Å². The van der Waals surface area contributed by atoms with E-state index in [0.717, 1.165) is 218 Å². The Balaban J connectivity index is 0.000000155. The van der Waals surface area contributed by atoms with E-state index in [1.165, 1.54) is 102 Å². The SMILES string of the molecule is CC(C(=O)c1ccc(OCCCN2CCC[C@@H]2C)cc1)N1CCCCC1=O.CC(C(=O)c1ccc(OCCCN2CCC[C@H]2C)cc1)N1CCOCC1.CC(C(=O)c1ccc(OCCCN2CCC[C@H]2C)cc1)N1C[C@@H](C)O[C@@H](C)C1.CC1CCCN1CCCOc1ccc(C(=O)C(C)N2CCSCC2)cc1.C[C@@H]1CCCN1CCCOc1ccc(C(=O)CN2CCO[C@@H](c3ccccc3)C2)cc1. The summed E-state index contributed by atoms with van der Waals surface area (Å²) in [5.41, 5.74) is 4.83. The van der Waals surface area contributed by atoms with Crippen molar-refractivity contribution in [1.82, 2.24) is 49.0 Å². The number of morpholine rings is 3. The highest BCUT2D eigenvalue weighted by molar-refractivity contribution is 7.99. The Morgan fingerprint density at radius 3 is 1.03 bits per heavy atom. The minimum absolute atomic E-state index is 0.000166. The molecule has 10 aliphatic heterocycles. The fraction of sp³-hybridized carbons (Fsp3) is 0.628. The van der Waals surface area contributed by atoms with Crippen molar-refractivity contribution in [3.63, 3.8) is 0 Å². The molecule has 6 aromatic rings. The van der Waals surface area contributed by atoms with Crippen molar-refractivity contribution in [1.29, 1.82) is 0 Å². The van der Waals surface area contributed by atoms with E-state index in [4.69, 9.17) is 37.9 Å². The smallest absolute Gasteiger partial charge is 0.223 e. The molecule has 10 saturated heterocycles. The van der Waals surface area contributed by atoms with E-state index in [2.05, 4.69) is 105 Å². The molecule has 5 unspecified atom stereocenters. The third-order valence-corrected chi connectivity index (χ3v) is 30.6. The highest BCUT2D eigenvalue weighted by Crippen LogP contribution is 2.30. The summed E-state index contributed by atoms with van der Waals surface area (Å²) >= 11 is 1.97. The molecule has 758 valence electrons. The van der Waals surface area contributed by atoms with Crippen LogP contribution in [0.3, 0.4) is 0 Å². The third kappa shape index (κ3) is 34.7. The molecule has 0 spiro atoms. The number of nitrogens with zero attached hydrogens (tertiary/aromatic N) is 10. The van der Waals surface area contributed by atoms with Crippen LogP contribution in [0.4, 0.5) is 0 Å². The summed E-state index contributed by atoms with van der Waals surface area (Å²) in [6.07, 6.45) is 21.2. The number of rotatable bonds is 41. The second kappa shape index (κ2) is 57.9. The van der Waals surface area contributed by atoms with E-state index in [1.807, 2.05) is 179 Å². The average molecular weight is 1920 g/mol. The summed E-state index contributed by atoms with van der Waals surface area (Å²) < 4.78 is 46.3. The summed E-state index contributed by atoms with van der Waals surface area (Å²) in [5.74, 6) is 7.20. The lowest BCUT2D eigenvalue weighted by Gasteiger charge is -2.38. The van der Waals surface area contributed by atoms with Gasteiger partial charge in [-0.05, 0) is 345 Å². The van der Waals surface area contributed by atoms with Crippen molar-refractivity contribution in [2.24, 2.45) is 0 Å². The molecule has 16 rings (SSSR count). The minimum Gasteiger partial charge on any atom is -0.494 e. The largest absolute Gasteiger partial charge is 0.494 e. The lowest BCUT2D eigenvalue weighted by atomic mass is 10.0. The fourth-order valence-corrected chi connectivity index (χ4v) is 21.8. The zero-order valence-corrected chi connectivity index (χ0v) is 86.2. The van der Waals surface area contributed by atoms with Gasteiger partial charge in [-0.15, -0.1) is 0 Å². The van der Waals surface area contributed by atoms with Gasteiger partial charge in [0.25, 0.3) is 0 Å². The molecular formula is C113H166N10O14S. The zero-order chi connectivity index (χ0) is 97.5. The molecule has 6 aromatic carbocycles. The number of piperidine rings is 1. The molecule has 138 heavy (non-hydrogen) atoms. The zero-order valence-electron chi connectivity index (χ0n) is 85.4. The quantitative estimate of drug-likeness (QED) is 0.0258. The summed E-state index contributed by atoms with van der Waals surface area (Å²) in [4.78, 5) is 99.1. The van der Waals surface area contributed by atoms with Gasteiger partial charge in [0, 0.05) is 168 Å². The second-order valence-electron chi connectivity index (χ2n) is 39.9. The predicted molar refractivity (Wildman–Crippen MR) is 554 cm³/mol. The molecule has 1 amide bonds. The van der Waals surface area contributed by atoms with Gasteiger partial charge in [0.05, 0.1) is 102 Å². The van der Waals surface area contributed by atoms with Gasteiger partial charge in [-0.1, -0.05) is 30.3 Å². The van der Waals surface area contributed by atoms with Crippen molar-refractivity contribution < 1.29 is 66.7 Å². The highest BCUT2D eigenvalue weighted by atomic mass is 32.2. The van der Waals surface area contributed by atoms with Gasteiger partial charge in [0.2, 0.25) is 5.91 Å². The highest BCUT2D eigenvalue weighted by Gasteiger charge is 2.34. The van der Waals surface area contributed by atoms with Crippen LogP contribution in [0.2, 0.25) is 0 Å². The first-order valence-corrected chi connectivity index (χ1v) is 53.9. The van der Waals surface area contributed by atoms with Crippen LogP contribution < -0.4 is 23.7 Å². The van der Waals surface area contributed by atoms with Crippen LogP contribution in [0, 0.1) is 0 Å². The third-order valence-electron chi connectivity index (χ3n) is 29.7. The summed E-state index contributed by atoms with van der Waals surface area (Å²) in [7, 11) is 0. The molecule has 12 atom stereocenters. The molecule has 0 aromatic heterocycles. The van der Waals surface area contributed by atoms with Crippen LogP contribution >= 0.6 is 11.8 Å². The number of ether oxygens (including phenoxy) is 8. The molecule has 0 bridgehead atoms. The van der Waals surface area contributed by atoms with Crippen LogP contribution in [0.25, 0.3) is 0 Å². The molecular weight excluding hydrogens is 1750 g/mol. The number of Topliss-reactive ketones (excluding diaryl/α,β-unsaturated/α-hetero) is 5. The van der Waals surface area contributed by atoms with Gasteiger partial charge >= 0.3 is 0 Å². The number of carbonyl (C=O) groups is 6.